The van der Waals surface area contributed by atoms with Gasteiger partial charge in [-0.25, -0.2) is 4.98 Å². The van der Waals surface area contributed by atoms with Gasteiger partial charge in [-0.15, -0.1) is 0 Å². The molecule has 0 unspecified atom stereocenters. The molecule has 3 aromatic rings. The molecule has 2 heterocycles. The van der Waals surface area contributed by atoms with Crippen LogP contribution in [0.1, 0.15) is 27.0 Å². The molecule has 2 aromatic carbocycles. The maximum atomic E-state index is 12.4. The molecule has 6 nitrogen and oxygen atoms in total. The van der Waals surface area contributed by atoms with E-state index in [1.54, 1.807) is 12.5 Å². The van der Waals surface area contributed by atoms with Crippen molar-refractivity contribution in [1.29, 1.82) is 0 Å². The van der Waals surface area contributed by atoms with E-state index in [9.17, 15) is 4.79 Å². The zero-order chi connectivity index (χ0) is 19.9. The lowest BCUT2D eigenvalue weighted by molar-refractivity contribution is 0.0342. The number of hydrogen-bond acceptors (Lipinski definition) is 4. The Labute approximate surface area is 171 Å². The Morgan fingerprint density at radius 2 is 1.59 bits per heavy atom. The molecule has 0 radical (unpaired) electrons. The number of ether oxygens (including phenoxy) is 1. The summed E-state index contributed by atoms with van der Waals surface area (Å²) in [5.41, 5.74) is 4.19. The fourth-order valence-corrected chi connectivity index (χ4v) is 3.42. The highest BCUT2D eigenvalue weighted by atomic mass is 16.5. The van der Waals surface area contributed by atoms with Gasteiger partial charge in [-0.1, -0.05) is 36.4 Å². The van der Waals surface area contributed by atoms with Gasteiger partial charge < -0.3 is 14.6 Å². The van der Waals surface area contributed by atoms with Crippen molar-refractivity contribution in [2.45, 2.75) is 19.6 Å². The second-order valence-corrected chi connectivity index (χ2v) is 7.32. The molecule has 0 aliphatic carbocycles. The Morgan fingerprint density at radius 1 is 0.931 bits per heavy atom. The highest BCUT2D eigenvalue weighted by Crippen LogP contribution is 2.10. The topological polar surface area (TPSA) is 59.4 Å². The summed E-state index contributed by atoms with van der Waals surface area (Å²) in [4.78, 5) is 18.9. The molecule has 0 spiro atoms. The van der Waals surface area contributed by atoms with E-state index in [2.05, 4.69) is 39.5 Å². The molecule has 150 valence electrons. The van der Waals surface area contributed by atoms with Crippen molar-refractivity contribution < 1.29 is 9.53 Å². The van der Waals surface area contributed by atoms with Gasteiger partial charge in [-0.3, -0.25) is 9.69 Å². The van der Waals surface area contributed by atoms with Crippen molar-refractivity contribution in [3.8, 4) is 0 Å². The number of aromatic nitrogens is 2. The Kier molecular flexibility index (Phi) is 6.34. The summed E-state index contributed by atoms with van der Waals surface area (Å²) in [5, 5.41) is 3.00. The van der Waals surface area contributed by atoms with Crippen molar-refractivity contribution in [3.63, 3.8) is 0 Å². The van der Waals surface area contributed by atoms with Gasteiger partial charge in [-0.05, 0) is 28.8 Å². The van der Waals surface area contributed by atoms with Crippen LogP contribution in [0.25, 0.3) is 0 Å². The van der Waals surface area contributed by atoms with E-state index in [1.807, 2.05) is 35.0 Å². The maximum Gasteiger partial charge on any atom is 0.251 e. The monoisotopic (exact) mass is 390 g/mol. The predicted molar refractivity (Wildman–Crippen MR) is 111 cm³/mol. The number of hydrogen-bond donors (Lipinski definition) is 1. The highest BCUT2D eigenvalue weighted by Gasteiger charge is 2.11. The van der Waals surface area contributed by atoms with Gasteiger partial charge in [0.1, 0.15) is 0 Å². The van der Waals surface area contributed by atoms with Crippen LogP contribution in [0.4, 0.5) is 0 Å². The van der Waals surface area contributed by atoms with Gasteiger partial charge >= 0.3 is 0 Å². The number of carbonyl (C=O) groups excluding carboxylic acids is 1. The van der Waals surface area contributed by atoms with Crippen LogP contribution in [-0.4, -0.2) is 46.7 Å². The summed E-state index contributed by atoms with van der Waals surface area (Å²) in [6.45, 7) is 5.72. The molecule has 1 amide bonds. The summed E-state index contributed by atoms with van der Waals surface area (Å²) < 4.78 is 7.41. The molecular weight excluding hydrogens is 364 g/mol. The number of imidazole rings is 1. The number of benzene rings is 2. The standard InChI is InChI=1S/C23H26N4O2/c28-23(22-7-5-21(6-8-22)16-26-11-13-29-14-12-26)25-15-19-1-3-20(4-2-19)17-27-10-9-24-18-27/h1-10,18H,11-17H2,(H,25,28). The third-order valence-corrected chi connectivity index (χ3v) is 5.13. The minimum Gasteiger partial charge on any atom is -0.379 e. The third kappa shape index (κ3) is 5.53. The lowest BCUT2D eigenvalue weighted by Crippen LogP contribution is -2.35. The van der Waals surface area contributed by atoms with Crippen LogP contribution in [0.2, 0.25) is 0 Å². The molecule has 0 atom stereocenters. The number of amides is 1. The first-order valence-electron chi connectivity index (χ1n) is 9.97. The maximum absolute atomic E-state index is 12.4. The molecule has 1 aliphatic rings. The summed E-state index contributed by atoms with van der Waals surface area (Å²) in [6, 6.07) is 16.2. The number of rotatable bonds is 7. The SMILES string of the molecule is O=C(NCc1ccc(Cn2ccnc2)cc1)c1ccc(CN2CCOCC2)cc1. The third-order valence-electron chi connectivity index (χ3n) is 5.13. The number of carbonyl (C=O) groups is 1. The number of nitrogens with zero attached hydrogens (tertiary/aromatic N) is 3. The predicted octanol–water partition coefficient (Wildman–Crippen LogP) is 2.69. The van der Waals surface area contributed by atoms with Crippen molar-refractivity contribution >= 4 is 5.91 Å². The average molecular weight is 390 g/mol. The molecule has 1 aromatic heterocycles. The van der Waals surface area contributed by atoms with Crippen molar-refractivity contribution in [2.75, 3.05) is 26.3 Å². The highest BCUT2D eigenvalue weighted by molar-refractivity contribution is 5.94. The molecule has 1 saturated heterocycles. The normalized spacial score (nSPS) is 14.6. The van der Waals surface area contributed by atoms with Gasteiger partial charge in [0.25, 0.3) is 5.91 Å². The second kappa shape index (κ2) is 9.49. The van der Waals surface area contributed by atoms with Crippen LogP contribution in [0, 0.1) is 0 Å². The van der Waals surface area contributed by atoms with Crippen LogP contribution >= 0.6 is 0 Å². The fraction of sp³-hybridized carbons (Fsp3) is 0.304. The molecule has 1 aliphatic heterocycles. The molecular formula is C23H26N4O2. The summed E-state index contributed by atoms with van der Waals surface area (Å²) in [7, 11) is 0. The molecule has 0 saturated carbocycles. The largest absolute Gasteiger partial charge is 0.379 e. The van der Waals surface area contributed by atoms with Gasteiger partial charge in [0.15, 0.2) is 0 Å². The smallest absolute Gasteiger partial charge is 0.251 e. The van der Waals surface area contributed by atoms with Crippen molar-refractivity contribution in [3.05, 3.63) is 89.5 Å². The van der Waals surface area contributed by atoms with E-state index >= 15 is 0 Å². The molecule has 29 heavy (non-hydrogen) atoms. The zero-order valence-corrected chi connectivity index (χ0v) is 16.5. The second-order valence-electron chi connectivity index (χ2n) is 7.32. The lowest BCUT2D eigenvalue weighted by atomic mass is 10.1. The first kappa shape index (κ1) is 19.4. The fourth-order valence-electron chi connectivity index (χ4n) is 3.42. The molecule has 6 heteroatoms. The minimum absolute atomic E-state index is 0.0505. The van der Waals surface area contributed by atoms with E-state index in [4.69, 9.17) is 4.74 Å². The molecule has 1 fully saturated rings. The van der Waals surface area contributed by atoms with Crippen molar-refractivity contribution in [2.24, 2.45) is 0 Å². The molecule has 1 N–H and O–H groups in total. The number of nitrogens with one attached hydrogen (secondary N) is 1. The first-order chi connectivity index (χ1) is 14.3. The van der Waals surface area contributed by atoms with Gasteiger partial charge in [0, 0.05) is 50.7 Å². The van der Waals surface area contributed by atoms with Crippen LogP contribution in [0.3, 0.4) is 0 Å². The van der Waals surface area contributed by atoms with Crippen LogP contribution in [0.5, 0.6) is 0 Å². The van der Waals surface area contributed by atoms with E-state index < -0.39 is 0 Å². The quantitative estimate of drug-likeness (QED) is 0.674. The van der Waals surface area contributed by atoms with Gasteiger partial charge in [0.2, 0.25) is 0 Å². The average Bonchev–Trinajstić information content (AvgIpc) is 3.27. The Bertz CT molecular complexity index is 899. The van der Waals surface area contributed by atoms with Crippen LogP contribution in [-0.2, 0) is 24.4 Å². The van der Waals surface area contributed by atoms with E-state index in [0.717, 1.165) is 45.0 Å². The van der Waals surface area contributed by atoms with E-state index in [1.165, 1.54) is 11.1 Å². The van der Waals surface area contributed by atoms with E-state index in [0.29, 0.717) is 12.1 Å². The van der Waals surface area contributed by atoms with Crippen LogP contribution in [0.15, 0.2) is 67.3 Å². The number of morpholine rings is 1. The molecule has 4 rings (SSSR count). The zero-order valence-electron chi connectivity index (χ0n) is 16.5. The minimum atomic E-state index is -0.0505. The summed E-state index contributed by atoms with van der Waals surface area (Å²) >= 11 is 0. The Morgan fingerprint density at radius 3 is 2.28 bits per heavy atom. The van der Waals surface area contributed by atoms with E-state index in [-0.39, 0.29) is 5.91 Å². The molecule has 0 bridgehead atoms. The van der Waals surface area contributed by atoms with Gasteiger partial charge in [0.05, 0.1) is 19.5 Å². The summed E-state index contributed by atoms with van der Waals surface area (Å²) in [6.07, 6.45) is 5.53. The van der Waals surface area contributed by atoms with Gasteiger partial charge in [-0.2, -0.15) is 0 Å². The Balaban J connectivity index is 1.26. The van der Waals surface area contributed by atoms with Crippen LogP contribution < -0.4 is 5.32 Å². The van der Waals surface area contributed by atoms with Crippen molar-refractivity contribution in [1.82, 2.24) is 19.8 Å². The first-order valence-corrected chi connectivity index (χ1v) is 9.97. The Hall–Kier alpha value is -2.96. The summed E-state index contributed by atoms with van der Waals surface area (Å²) in [5.74, 6) is -0.0505. The lowest BCUT2D eigenvalue weighted by Gasteiger charge is -2.26.